The Labute approximate surface area is 88.7 Å². The summed E-state index contributed by atoms with van der Waals surface area (Å²) in [7, 11) is 0. The summed E-state index contributed by atoms with van der Waals surface area (Å²) in [6, 6.07) is 0.615. The fourth-order valence-corrected chi connectivity index (χ4v) is 2.42. The molecule has 1 aliphatic carbocycles. The van der Waals surface area contributed by atoms with Gasteiger partial charge in [-0.15, -0.1) is 12.3 Å². The first kappa shape index (κ1) is 11.6. The van der Waals surface area contributed by atoms with Crippen LogP contribution in [0.4, 0.5) is 0 Å². The fourth-order valence-electron chi connectivity index (χ4n) is 2.42. The molecule has 1 rings (SSSR count). The van der Waals surface area contributed by atoms with Crippen LogP contribution in [-0.2, 0) is 0 Å². The van der Waals surface area contributed by atoms with Crippen LogP contribution >= 0.6 is 0 Å². The Hall–Kier alpha value is -0.480. The van der Waals surface area contributed by atoms with E-state index in [0.29, 0.717) is 6.04 Å². The molecule has 0 saturated heterocycles. The van der Waals surface area contributed by atoms with Crippen molar-refractivity contribution in [3.8, 4) is 12.3 Å². The normalized spacial score (nSPS) is 26.7. The van der Waals surface area contributed by atoms with E-state index in [1.54, 1.807) is 0 Å². The van der Waals surface area contributed by atoms with Crippen molar-refractivity contribution >= 4 is 0 Å². The molecule has 0 bridgehead atoms. The Morgan fingerprint density at radius 2 is 2.07 bits per heavy atom. The van der Waals surface area contributed by atoms with Crippen molar-refractivity contribution in [1.82, 2.24) is 5.32 Å². The molecular weight excluding hydrogens is 170 g/mol. The maximum absolute atomic E-state index is 5.31. The maximum Gasteiger partial charge on any atom is 0.00888 e. The zero-order valence-electron chi connectivity index (χ0n) is 9.55. The van der Waals surface area contributed by atoms with Crippen LogP contribution in [0.25, 0.3) is 0 Å². The Balaban J connectivity index is 2.25. The van der Waals surface area contributed by atoms with Gasteiger partial charge in [0.05, 0.1) is 0 Å². The minimum Gasteiger partial charge on any atom is -0.314 e. The molecular formula is C13H23N. The molecule has 1 aliphatic rings. The second-order valence-electron chi connectivity index (χ2n) is 4.76. The first-order chi connectivity index (χ1) is 6.74. The Kier molecular flexibility index (Phi) is 5.04. The Bertz CT molecular complexity index is 190. The summed E-state index contributed by atoms with van der Waals surface area (Å²) in [5.41, 5.74) is 0. The fraction of sp³-hybridized carbons (Fsp3) is 0.846. The van der Waals surface area contributed by atoms with Crippen LogP contribution in [-0.4, -0.2) is 12.6 Å². The van der Waals surface area contributed by atoms with Crippen LogP contribution in [0.2, 0.25) is 0 Å². The summed E-state index contributed by atoms with van der Waals surface area (Å²) < 4.78 is 0. The summed E-state index contributed by atoms with van der Waals surface area (Å²) in [6.07, 6.45) is 11.7. The van der Waals surface area contributed by atoms with E-state index >= 15 is 0 Å². The van der Waals surface area contributed by atoms with Gasteiger partial charge in [-0.3, -0.25) is 0 Å². The third-order valence-corrected chi connectivity index (χ3v) is 3.26. The van der Waals surface area contributed by atoms with Crippen LogP contribution in [0.3, 0.4) is 0 Å². The number of nitrogens with one attached hydrogen (secondary N) is 1. The molecule has 1 nitrogen and oxygen atoms in total. The van der Waals surface area contributed by atoms with Crippen LogP contribution in [0.15, 0.2) is 0 Å². The zero-order chi connectivity index (χ0) is 10.4. The largest absolute Gasteiger partial charge is 0.314 e. The van der Waals surface area contributed by atoms with Crippen molar-refractivity contribution in [2.75, 3.05) is 6.54 Å². The highest BCUT2D eigenvalue weighted by Crippen LogP contribution is 2.34. The van der Waals surface area contributed by atoms with E-state index in [1.807, 2.05) is 0 Å². The van der Waals surface area contributed by atoms with Crippen LogP contribution in [0.1, 0.15) is 46.0 Å². The van der Waals surface area contributed by atoms with Crippen LogP contribution in [0, 0.1) is 24.2 Å². The lowest BCUT2D eigenvalue weighted by molar-refractivity contribution is 0.341. The summed E-state index contributed by atoms with van der Waals surface area (Å²) in [5.74, 6) is 4.53. The summed E-state index contributed by atoms with van der Waals surface area (Å²) in [4.78, 5) is 0. The molecule has 0 spiro atoms. The van der Waals surface area contributed by atoms with Gasteiger partial charge in [-0.1, -0.05) is 26.7 Å². The highest BCUT2D eigenvalue weighted by Gasteiger charge is 2.26. The van der Waals surface area contributed by atoms with Crippen molar-refractivity contribution in [3.63, 3.8) is 0 Å². The van der Waals surface area contributed by atoms with Crippen LogP contribution in [0.5, 0.6) is 0 Å². The molecule has 0 heterocycles. The minimum absolute atomic E-state index is 0.615. The molecule has 1 saturated carbocycles. The van der Waals surface area contributed by atoms with Gasteiger partial charge in [0.1, 0.15) is 0 Å². The first-order valence-corrected chi connectivity index (χ1v) is 5.91. The second-order valence-corrected chi connectivity index (χ2v) is 4.76. The quantitative estimate of drug-likeness (QED) is 0.662. The third kappa shape index (κ3) is 3.72. The average molecular weight is 193 g/mol. The van der Waals surface area contributed by atoms with E-state index < -0.39 is 0 Å². The SMILES string of the molecule is C#CCCC1CCCC1CNC(C)C. The molecule has 2 unspecified atom stereocenters. The smallest absolute Gasteiger partial charge is 0.00888 e. The molecule has 14 heavy (non-hydrogen) atoms. The van der Waals surface area contributed by atoms with E-state index in [9.17, 15) is 0 Å². The van der Waals surface area contributed by atoms with Gasteiger partial charge in [-0.25, -0.2) is 0 Å². The van der Waals surface area contributed by atoms with Gasteiger partial charge in [-0.2, -0.15) is 0 Å². The van der Waals surface area contributed by atoms with Gasteiger partial charge in [0.2, 0.25) is 0 Å². The lowest BCUT2D eigenvalue weighted by Gasteiger charge is -2.20. The van der Waals surface area contributed by atoms with Crippen molar-refractivity contribution in [2.45, 2.75) is 52.0 Å². The standard InChI is InChI=1S/C13H23N/c1-4-5-7-12-8-6-9-13(12)10-14-11(2)3/h1,11-14H,5-10H2,2-3H3. The average Bonchev–Trinajstić information content (AvgIpc) is 2.58. The molecule has 0 aromatic heterocycles. The number of terminal acetylenes is 1. The summed E-state index contributed by atoms with van der Waals surface area (Å²) in [5, 5.41) is 3.54. The van der Waals surface area contributed by atoms with Crippen molar-refractivity contribution in [2.24, 2.45) is 11.8 Å². The Morgan fingerprint density at radius 3 is 2.71 bits per heavy atom. The maximum atomic E-state index is 5.31. The predicted octanol–water partition coefficient (Wildman–Crippen LogP) is 2.81. The molecule has 0 aliphatic heterocycles. The molecule has 80 valence electrons. The van der Waals surface area contributed by atoms with Crippen molar-refractivity contribution < 1.29 is 0 Å². The first-order valence-electron chi connectivity index (χ1n) is 5.91. The minimum atomic E-state index is 0.615. The highest BCUT2D eigenvalue weighted by molar-refractivity contribution is 4.87. The Morgan fingerprint density at radius 1 is 1.36 bits per heavy atom. The van der Waals surface area contributed by atoms with E-state index in [-0.39, 0.29) is 0 Å². The number of rotatable bonds is 5. The molecule has 0 amide bonds. The second kappa shape index (κ2) is 6.09. The van der Waals surface area contributed by atoms with Gasteiger partial charge in [0.25, 0.3) is 0 Å². The zero-order valence-corrected chi connectivity index (χ0v) is 9.55. The summed E-state index contributed by atoms with van der Waals surface area (Å²) in [6.45, 7) is 5.61. The van der Waals surface area contributed by atoms with Gasteiger partial charge >= 0.3 is 0 Å². The van der Waals surface area contributed by atoms with E-state index in [4.69, 9.17) is 6.42 Å². The lowest BCUT2D eigenvalue weighted by atomic mass is 9.91. The predicted molar refractivity (Wildman–Crippen MR) is 62.0 cm³/mol. The van der Waals surface area contributed by atoms with Gasteiger partial charge in [0, 0.05) is 12.5 Å². The summed E-state index contributed by atoms with van der Waals surface area (Å²) >= 11 is 0. The number of hydrogen-bond donors (Lipinski definition) is 1. The molecule has 2 atom stereocenters. The van der Waals surface area contributed by atoms with Gasteiger partial charge < -0.3 is 5.32 Å². The van der Waals surface area contributed by atoms with Crippen LogP contribution < -0.4 is 5.32 Å². The van der Waals surface area contributed by atoms with E-state index in [0.717, 1.165) is 18.3 Å². The molecule has 0 radical (unpaired) electrons. The van der Waals surface area contributed by atoms with Gasteiger partial charge in [0.15, 0.2) is 0 Å². The molecule has 1 N–H and O–H groups in total. The van der Waals surface area contributed by atoms with E-state index in [2.05, 4.69) is 25.1 Å². The highest BCUT2D eigenvalue weighted by atomic mass is 14.9. The van der Waals surface area contributed by atoms with E-state index in [1.165, 1.54) is 32.2 Å². The topological polar surface area (TPSA) is 12.0 Å². The van der Waals surface area contributed by atoms with Crippen molar-refractivity contribution in [3.05, 3.63) is 0 Å². The van der Waals surface area contributed by atoms with Gasteiger partial charge in [-0.05, 0) is 31.2 Å². The molecule has 0 aromatic rings. The lowest BCUT2D eigenvalue weighted by Crippen LogP contribution is -2.30. The number of hydrogen-bond acceptors (Lipinski definition) is 1. The van der Waals surface area contributed by atoms with Crippen molar-refractivity contribution in [1.29, 1.82) is 0 Å². The third-order valence-electron chi connectivity index (χ3n) is 3.26. The molecule has 1 heteroatoms. The molecule has 0 aromatic carbocycles. The monoisotopic (exact) mass is 193 g/mol. The molecule has 1 fully saturated rings.